The highest BCUT2D eigenvalue weighted by molar-refractivity contribution is 7.89. The molecule has 0 aliphatic carbocycles. The lowest BCUT2D eigenvalue weighted by atomic mass is 10.1. The molecule has 0 spiro atoms. The smallest absolute Gasteiger partial charge is 0.243 e. The summed E-state index contributed by atoms with van der Waals surface area (Å²) in [5, 5.41) is 0.644. The van der Waals surface area contributed by atoms with Gasteiger partial charge < -0.3 is 4.74 Å². The maximum absolute atomic E-state index is 13.0. The van der Waals surface area contributed by atoms with Gasteiger partial charge in [0.2, 0.25) is 10.0 Å². The van der Waals surface area contributed by atoms with Gasteiger partial charge in [0.15, 0.2) is 0 Å². The third-order valence-corrected chi connectivity index (χ3v) is 6.28. The first-order valence-corrected chi connectivity index (χ1v) is 9.89. The predicted molar refractivity (Wildman–Crippen MR) is 94.4 cm³/mol. The molecule has 3 rings (SSSR count). The van der Waals surface area contributed by atoms with Crippen molar-refractivity contribution in [3.63, 3.8) is 0 Å². The summed E-state index contributed by atoms with van der Waals surface area (Å²) >= 11 is 5.96. The van der Waals surface area contributed by atoms with Gasteiger partial charge in [-0.15, -0.1) is 0 Å². The van der Waals surface area contributed by atoms with Crippen LogP contribution < -0.4 is 0 Å². The Bertz CT molecular complexity index is 826. The van der Waals surface area contributed by atoms with Crippen LogP contribution in [0, 0.1) is 5.82 Å². The first-order chi connectivity index (χ1) is 11.9. The van der Waals surface area contributed by atoms with Crippen molar-refractivity contribution in [1.82, 2.24) is 4.31 Å². The highest BCUT2D eigenvalue weighted by atomic mass is 35.5. The number of hydrogen-bond acceptors (Lipinski definition) is 3. The Morgan fingerprint density at radius 3 is 2.68 bits per heavy atom. The summed E-state index contributed by atoms with van der Waals surface area (Å²) in [6.07, 6.45) is 1.35. The Morgan fingerprint density at radius 2 is 1.96 bits per heavy atom. The second kappa shape index (κ2) is 7.83. The van der Waals surface area contributed by atoms with E-state index >= 15 is 0 Å². The quantitative estimate of drug-likeness (QED) is 0.787. The number of nitrogens with zero attached hydrogens (tertiary/aromatic N) is 1. The highest BCUT2D eigenvalue weighted by Gasteiger charge is 2.30. The Kier molecular flexibility index (Phi) is 5.74. The van der Waals surface area contributed by atoms with Crippen LogP contribution in [0.2, 0.25) is 5.02 Å². The predicted octanol–water partition coefficient (Wildman–Crippen LogP) is 3.85. The maximum atomic E-state index is 13.0. The Labute approximate surface area is 152 Å². The second-order valence-electron chi connectivity index (χ2n) is 6.02. The summed E-state index contributed by atoms with van der Waals surface area (Å²) < 4.78 is 45.7. The van der Waals surface area contributed by atoms with Crippen LogP contribution in [-0.4, -0.2) is 31.9 Å². The second-order valence-corrected chi connectivity index (χ2v) is 8.40. The van der Waals surface area contributed by atoms with Crippen LogP contribution in [0.1, 0.15) is 18.4 Å². The Balaban J connectivity index is 1.65. The average molecular weight is 384 g/mol. The Hall–Kier alpha value is -1.47. The van der Waals surface area contributed by atoms with E-state index in [-0.39, 0.29) is 11.0 Å². The largest absolute Gasteiger partial charge is 0.372 e. The van der Waals surface area contributed by atoms with Crippen LogP contribution in [0.5, 0.6) is 0 Å². The molecule has 0 saturated carbocycles. The van der Waals surface area contributed by atoms with E-state index in [1.807, 2.05) is 18.2 Å². The molecule has 1 atom stereocenters. The summed E-state index contributed by atoms with van der Waals surface area (Å²) in [5.41, 5.74) is 0.950. The summed E-state index contributed by atoms with van der Waals surface area (Å²) in [6.45, 7) is 1.12. The zero-order valence-electron chi connectivity index (χ0n) is 13.6. The van der Waals surface area contributed by atoms with Crippen molar-refractivity contribution in [1.29, 1.82) is 0 Å². The van der Waals surface area contributed by atoms with E-state index in [9.17, 15) is 12.8 Å². The molecule has 2 aromatic carbocycles. The van der Waals surface area contributed by atoms with Gasteiger partial charge in [-0.3, -0.25) is 0 Å². The molecule has 0 radical (unpaired) electrons. The lowest BCUT2D eigenvalue weighted by Crippen LogP contribution is -2.43. The van der Waals surface area contributed by atoms with E-state index in [2.05, 4.69) is 0 Å². The molecule has 0 N–H and O–H groups in total. The van der Waals surface area contributed by atoms with Crippen molar-refractivity contribution >= 4 is 21.6 Å². The van der Waals surface area contributed by atoms with Gasteiger partial charge in [0.25, 0.3) is 0 Å². The van der Waals surface area contributed by atoms with Crippen LogP contribution in [0.3, 0.4) is 0 Å². The number of benzene rings is 2. The summed E-state index contributed by atoms with van der Waals surface area (Å²) in [5.74, 6) is -0.458. The topological polar surface area (TPSA) is 46.6 Å². The van der Waals surface area contributed by atoms with Gasteiger partial charge in [-0.1, -0.05) is 23.7 Å². The minimum absolute atomic E-state index is 0.101. The minimum Gasteiger partial charge on any atom is -0.372 e. The molecule has 0 bridgehead atoms. The first-order valence-electron chi connectivity index (χ1n) is 8.07. The number of hydrogen-bond donors (Lipinski definition) is 0. The van der Waals surface area contributed by atoms with Crippen LogP contribution in [0.15, 0.2) is 53.4 Å². The molecule has 0 unspecified atom stereocenters. The molecule has 1 saturated heterocycles. The van der Waals surface area contributed by atoms with Gasteiger partial charge in [-0.2, -0.15) is 4.31 Å². The molecule has 1 aliphatic heterocycles. The average Bonchev–Trinajstić information content (AvgIpc) is 2.61. The molecule has 1 aliphatic rings. The molecule has 134 valence electrons. The minimum atomic E-state index is -3.64. The summed E-state index contributed by atoms with van der Waals surface area (Å²) in [7, 11) is -3.64. The number of halogens is 2. The van der Waals surface area contributed by atoms with E-state index in [4.69, 9.17) is 16.3 Å². The van der Waals surface area contributed by atoms with Crippen molar-refractivity contribution in [3.8, 4) is 0 Å². The van der Waals surface area contributed by atoms with E-state index in [0.717, 1.165) is 30.5 Å². The van der Waals surface area contributed by atoms with Crippen molar-refractivity contribution in [2.45, 2.75) is 30.4 Å². The zero-order valence-corrected chi connectivity index (χ0v) is 15.1. The number of piperidine rings is 1. The van der Waals surface area contributed by atoms with Gasteiger partial charge >= 0.3 is 0 Å². The normalized spacial score (nSPS) is 19.0. The van der Waals surface area contributed by atoms with Crippen LogP contribution in [0.4, 0.5) is 4.39 Å². The first kappa shape index (κ1) is 18.3. The van der Waals surface area contributed by atoms with Crippen LogP contribution in [0.25, 0.3) is 0 Å². The molecule has 25 heavy (non-hydrogen) atoms. The fraction of sp³-hybridized carbons (Fsp3) is 0.333. The molecule has 2 aromatic rings. The molecule has 0 aromatic heterocycles. The van der Waals surface area contributed by atoms with E-state index in [0.29, 0.717) is 24.7 Å². The van der Waals surface area contributed by atoms with Crippen molar-refractivity contribution in [2.75, 3.05) is 13.1 Å². The van der Waals surface area contributed by atoms with Gasteiger partial charge in [0, 0.05) is 18.1 Å². The lowest BCUT2D eigenvalue weighted by Gasteiger charge is -2.32. The molecular weight excluding hydrogens is 365 g/mol. The van der Waals surface area contributed by atoms with E-state index in [1.165, 1.54) is 16.4 Å². The highest BCUT2D eigenvalue weighted by Crippen LogP contribution is 2.23. The van der Waals surface area contributed by atoms with Crippen LogP contribution >= 0.6 is 11.6 Å². The van der Waals surface area contributed by atoms with E-state index < -0.39 is 15.8 Å². The van der Waals surface area contributed by atoms with Gasteiger partial charge in [-0.25, -0.2) is 12.8 Å². The molecule has 0 amide bonds. The third-order valence-electron chi connectivity index (χ3n) is 4.17. The Morgan fingerprint density at radius 1 is 1.20 bits per heavy atom. The van der Waals surface area contributed by atoms with Gasteiger partial charge in [0.05, 0.1) is 17.6 Å². The number of rotatable bonds is 5. The number of sulfonamides is 1. The SMILES string of the molecule is O=S(=O)(c1ccc(F)cc1)N1CCC[C@H](OCc2cccc(Cl)c2)C1. The summed E-state index contributed by atoms with van der Waals surface area (Å²) in [6, 6.07) is 12.3. The molecule has 1 heterocycles. The van der Waals surface area contributed by atoms with Gasteiger partial charge in [-0.05, 0) is 54.8 Å². The summed E-state index contributed by atoms with van der Waals surface area (Å²) in [4.78, 5) is 0.101. The van der Waals surface area contributed by atoms with Crippen molar-refractivity contribution in [3.05, 3.63) is 64.9 Å². The fourth-order valence-electron chi connectivity index (χ4n) is 2.86. The van der Waals surface area contributed by atoms with Crippen molar-refractivity contribution < 1.29 is 17.5 Å². The lowest BCUT2D eigenvalue weighted by molar-refractivity contribution is 0.00811. The molecular formula is C18H19ClFNO3S. The third kappa shape index (κ3) is 4.58. The van der Waals surface area contributed by atoms with Crippen molar-refractivity contribution in [2.24, 2.45) is 0 Å². The maximum Gasteiger partial charge on any atom is 0.243 e. The number of ether oxygens (including phenoxy) is 1. The standard InChI is InChI=1S/C18H19ClFNO3S/c19-15-4-1-3-14(11-15)13-24-17-5-2-10-21(12-17)25(22,23)18-8-6-16(20)7-9-18/h1,3-4,6-9,11,17H,2,5,10,12-13H2/t17-/m0/s1. The molecule has 4 nitrogen and oxygen atoms in total. The van der Waals surface area contributed by atoms with E-state index in [1.54, 1.807) is 6.07 Å². The fourth-order valence-corrected chi connectivity index (χ4v) is 4.58. The van der Waals surface area contributed by atoms with Gasteiger partial charge in [0.1, 0.15) is 5.82 Å². The monoisotopic (exact) mass is 383 g/mol. The van der Waals surface area contributed by atoms with Crippen LogP contribution in [-0.2, 0) is 21.4 Å². The molecule has 7 heteroatoms. The zero-order chi connectivity index (χ0) is 17.9. The molecule has 1 fully saturated rings.